The van der Waals surface area contributed by atoms with Crippen LogP contribution >= 0.6 is 57.9 Å². The van der Waals surface area contributed by atoms with E-state index in [1.807, 2.05) is 48.2 Å². The van der Waals surface area contributed by atoms with Crippen LogP contribution in [0.4, 0.5) is 5.13 Å². The van der Waals surface area contributed by atoms with Crippen LogP contribution in [0, 0.1) is 10.5 Å². The summed E-state index contributed by atoms with van der Waals surface area (Å²) in [6, 6.07) is 11.5. The molecule has 31 heavy (non-hydrogen) atoms. The van der Waals surface area contributed by atoms with Crippen molar-refractivity contribution in [1.82, 2.24) is 9.88 Å². The number of aryl methyl sites for hydroxylation is 1. The molecule has 0 spiro atoms. The number of thiazole rings is 1. The van der Waals surface area contributed by atoms with Crippen molar-refractivity contribution in [3.05, 3.63) is 56.1 Å². The van der Waals surface area contributed by atoms with E-state index < -0.39 is 0 Å². The van der Waals surface area contributed by atoms with Gasteiger partial charge in [-0.3, -0.25) is 14.6 Å². The van der Waals surface area contributed by atoms with Crippen molar-refractivity contribution in [3.8, 4) is 0 Å². The molecule has 0 saturated carbocycles. The molecule has 2 aromatic carbocycles. The Morgan fingerprint density at radius 2 is 2.03 bits per heavy atom. The Morgan fingerprint density at radius 1 is 1.29 bits per heavy atom. The molecule has 1 saturated heterocycles. The molecule has 1 aliphatic heterocycles. The number of morpholine rings is 1. The molecule has 0 radical (unpaired) electrons. The van der Waals surface area contributed by atoms with Gasteiger partial charge in [0.2, 0.25) is 0 Å². The molecule has 1 amide bonds. The van der Waals surface area contributed by atoms with Gasteiger partial charge < -0.3 is 4.74 Å². The van der Waals surface area contributed by atoms with Gasteiger partial charge in [-0.15, -0.1) is 12.4 Å². The largest absolute Gasteiger partial charge is 0.379 e. The number of ether oxygens (including phenoxy) is 1. The van der Waals surface area contributed by atoms with E-state index in [0.717, 1.165) is 63.8 Å². The van der Waals surface area contributed by atoms with Gasteiger partial charge in [-0.05, 0) is 65.8 Å². The van der Waals surface area contributed by atoms with Crippen molar-refractivity contribution in [3.63, 3.8) is 0 Å². The van der Waals surface area contributed by atoms with Crippen LogP contribution in [0.3, 0.4) is 0 Å². The van der Waals surface area contributed by atoms with Crippen LogP contribution in [0.1, 0.15) is 22.3 Å². The molecule has 0 bridgehead atoms. The van der Waals surface area contributed by atoms with Crippen molar-refractivity contribution in [2.45, 2.75) is 13.3 Å². The molecule has 4 rings (SSSR count). The molecule has 5 nitrogen and oxygen atoms in total. The maximum Gasteiger partial charge on any atom is 0.261 e. The Hall–Kier alpha value is -0.970. The van der Waals surface area contributed by atoms with Crippen LogP contribution in [0.15, 0.2) is 36.4 Å². The van der Waals surface area contributed by atoms with E-state index in [1.54, 1.807) is 0 Å². The quantitative estimate of drug-likeness (QED) is 0.347. The summed E-state index contributed by atoms with van der Waals surface area (Å²) in [4.78, 5) is 22.5. The zero-order valence-corrected chi connectivity index (χ0v) is 21.7. The average Bonchev–Trinajstić information content (AvgIpc) is 3.16. The number of rotatable bonds is 6. The molecule has 3 aromatic rings. The summed E-state index contributed by atoms with van der Waals surface area (Å²) in [5, 5.41) is 1.42. The van der Waals surface area contributed by atoms with Gasteiger partial charge in [0.25, 0.3) is 5.91 Å². The summed E-state index contributed by atoms with van der Waals surface area (Å²) in [7, 11) is 0. The second-order valence-electron chi connectivity index (χ2n) is 7.31. The monoisotopic (exact) mass is 591 g/mol. The molecule has 0 atom stereocenters. The Morgan fingerprint density at radius 3 is 2.77 bits per heavy atom. The molecule has 1 fully saturated rings. The number of nitrogens with zero attached hydrogens (tertiary/aromatic N) is 3. The van der Waals surface area contributed by atoms with E-state index in [4.69, 9.17) is 21.3 Å². The van der Waals surface area contributed by atoms with Crippen LogP contribution in [-0.2, 0) is 4.74 Å². The highest BCUT2D eigenvalue weighted by molar-refractivity contribution is 14.1. The lowest BCUT2D eigenvalue weighted by Crippen LogP contribution is -2.39. The fourth-order valence-electron chi connectivity index (χ4n) is 3.60. The Labute approximate surface area is 211 Å². The van der Waals surface area contributed by atoms with Crippen LogP contribution in [-0.4, -0.2) is 55.2 Å². The molecular weight excluding hydrogens is 568 g/mol. The lowest BCUT2D eigenvalue weighted by molar-refractivity contribution is 0.0376. The molecule has 166 valence electrons. The number of fused-ring (bicyclic) bond motifs is 1. The van der Waals surface area contributed by atoms with Crippen molar-refractivity contribution >= 4 is 79.2 Å². The highest BCUT2D eigenvalue weighted by atomic mass is 127. The third-order valence-corrected chi connectivity index (χ3v) is 7.36. The number of hydrogen-bond donors (Lipinski definition) is 0. The lowest BCUT2D eigenvalue weighted by Gasteiger charge is -2.27. The molecule has 1 aliphatic rings. The Kier molecular flexibility index (Phi) is 8.95. The fourth-order valence-corrected chi connectivity index (χ4v) is 5.66. The minimum absolute atomic E-state index is 0. The first-order valence-electron chi connectivity index (χ1n) is 9.96. The van der Waals surface area contributed by atoms with Gasteiger partial charge >= 0.3 is 0 Å². The van der Waals surface area contributed by atoms with Crippen LogP contribution in [0.5, 0.6) is 0 Å². The number of aromatic nitrogens is 1. The van der Waals surface area contributed by atoms with Crippen molar-refractivity contribution in [2.75, 3.05) is 44.3 Å². The maximum absolute atomic E-state index is 13.5. The van der Waals surface area contributed by atoms with Gasteiger partial charge in [0.15, 0.2) is 5.13 Å². The first-order chi connectivity index (χ1) is 14.5. The van der Waals surface area contributed by atoms with E-state index in [1.165, 1.54) is 11.3 Å². The second-order valence-corrected chi connectivity index (χ2v) is 9.92. The SMILES string of the molecule is Cc1cc(Cl)cc2sc(N(CCCN3CCOCC3)C(=O)c3ccccc3I)nc12.Cl. The zero-order chi connectivity index (χ0) is 21.1. The van der Waals surface area contributed by atoms with Gasteiger partial charge in [0.1, 0.15) is 0 Å². The summed E-state index contributed by atoms with van der Waals surface area (Å²) in [6.07, 6.45) is 0.880. The summed E-state index contributed by atoms with van der Waals surface area (Å²) >= 11 is 9.99. The van der Waals surface area contributed by atoms with Gasteiger partial charge in [-0.2, -0.15) is 0 Å². The van der Waals surface area contributed by atoms with Crippen LogP contribution in [0.2, 0.25) is 5.02 Å². The molecule has 0 N–H and O–H groups in total. The van der Waals surface area contributed by atoms with Crippen LogP contribution < -0.4 is 4.90 Å². The van der Waals surface area contributed by atoms with Crippen LogP contribution in [0.25, 0.3) is 10.2 Å². The molecule has 0 aliphatic carbocycles. The average molecular weight is 592 g/mol. The maximum atomic E-state index is 13.5. The minimum Gasteiger partial charge on any atom is -0.379 e. The molecular formula is C22H24Cl2IN3O2S. The molecule has 1 aromatic heterocycles. The predicted octanol–water partition coefficient (Wildman–Crippen LogP) is 5.65. The van der Waals surface area contributed by atoms with E-state index in [9.17, 15) is 4.79 Å². The number of halogens is 3. The zero-order valence-electron chi connectivity index (χ0n) is 17.1. The third kappa shape index (κ3) is 5.89. The Bertz CT molecular complexity index is 1060. The smallest absolute Gasteiger partial charge is 0.261 e. The third-order valence-electron chi connectivity index (χ3n) is 5.18. The first-order valence-corrected chi connectivity index (χ1v) is 12.2. The predicted molar refractivity (Wildman–Crippen MR) is 139 cm³/mol. The molecule has 2 heterocycles. The lowest BCUT2D eigenvalue weighted by atomic mass is 10.2. The number of hydrogen-bond acceptors (Lipinski definition) is 5. The minimum atomic E-state index is -0.00946. The van der Waals surface area contributed by atoms with Crippen molar-refractivity contribution in [1.29, 1.82) is 0 Å². The van der Waals surface area contributed by atoms with E-state index in [-0.39, 0.29) is 18.3 Å². The number of benzene rings is 2. The standard InChI is InChI=1S/C22H23ClIN3O2S.ClH/c1-15-13-16(23)14-19-20(15)25-22(30-19)27(8-4-7-26-9-11-29-12-10-26)21(28)17-5-2-3-6-18(17)24;/h2-3,5-6,13-14H,4,7-12H2,1H3;1H. The van der Waals surface area contributed by atoms with Crippen molar-refractivity contribution in [2.24, 2.45) is 0 Å². The number of amides is 1. The summed E-state index contributed by atoms with van der Waals surface area (Å²) < 4.78 is 7.38. The highest BCUT2D eigenvalue weighted by Crippen LogP contribution is 2.34. The van der Waals surface area contributed by atoms with Gasteiger partial charge in [-0.1, -0.05) is 35.1 Å². The Balaban J connectivity index is 0.00000272. The first kappa shape index (κ1) is 24.7. The van der Waals surface area contributed by atoms with E-state index in [2.05, 4.69) is 27.5 Å². The highest BCUT2D eigenvalue weighted by Gasteiger charge is 2.23. The molecule has 0 unspecified atom stereocenters. The fraction of sp³-hybridized carbons (Fsp3) is 0.364. The van der Waals surface area contributed by atoms with Gasteiger partial charge in [0.05, 0.1) is 29.0 Å². The second kappa shape index (κ2) is 11.2. The molecule has 9 heteroatoms. The van der Waals surface area contributed by atoms with E-state index in [0.29, 0.717) is 17.1 Å². The van der Waals surface area contributed by atoms with Crippen molar-refractivity contribution < 1.29 is 9.53 Å². The topological polar surface area (TPSA) is 45.7 Å². The number of anilines is 1. The normalized spacial score (nSPS) is 14.4. The van der Waals surface area contributed by atoms with Gasteiger partial charge in [0, 0.05) is 34.8 Å². The number of carbonyl (C=O) groups is 1. The summed E-state index contributed by atoms with van der Waals surface area (Å²) in [5.74, 6) is -0.00946. The summed E-state index contributed by atoms with van der Waals surface area (Å²) in [5.41, 5.74) is 2.64. The van der Waals surface area contributed by atoms with E-state index >= 15 is 0 Å². The van der Waals surface area contributed by atoms with Gasteiger partial charge in [-0.25, -0.2) is 4.98 Å². The summed E-state index contributed by atoms with van der Waals surface area (Å²) in [6.45, 7) is 7.02. The number of carbonyl (C=O) groups excluding carboxylic acids is 1.